The first kappa shape index (κ1) is 18.4. The molecule has 0 radical (unpaired) electrons. The van der Waals surface area contributed by atoms with E-state index in [1.807, 2.05) is 26.0 Å². The van der Waals surface area contributed by atoms with Gasteiger partial charge in [0.05, 0.1) is 5.25 Å². The fourth-order valence-corrected chi connectivity index (χ4v) is 3.27. The maximum atomic E-state index is 5.79. The van der Waals surface area contributed by atoms with Gasteiger partial charge in [0.25, 0.3) is 5.22 Å². The van der Waals surface area contributed by atoms with Gasteiger partial charge in [-0.05, 0) is 45.0 Å². The molecule has 2 aromatic heterocycles. The normalized spacial score (nSPS) is 12.3. The van der Waals surface area contributed by atoms with E-state index in [-0.39, 0.29) is 5.25 Å². The van der Waals surface area contributed by atoms with Gasteiger partial charge in [-0.25, -0.2) is 0 Å². The van der Waals surface area contributed by atoms with Crippen molar-refractivity contribution in [1.82, 2.24) is 20.3 Å². The average molecular weight is 373 g/mol. The number of hydrogen-bond acceptors (Lipinski definition) is 8. The van der Waals surface area contributed by atoms with E-state index in [9.17, 15) is 0 Å². The highest BCUT2D eigenvalue weighted by Gasteiger charge is 2.19. The van der Waals surface area contributed by atoms with E-state index >= 15 is 0 Å². The number of anilines is 1. The highest BCUT2D eigenvalue weighted by molar-refractivity contribution is 7.99. The molecule has 3 rings (SSSR count). The Labute approximate surface area is 157 Å². The lowest BCUT2D eigenvalue weighted by Crippen LogP contribution is -2.21. The van der Waals surface area contributed by atoms with Crippen molar-refractivity contribution in [2.45, 2.75) is 44.6 Å². The van der Waals surface area contributed by atoms with E-state index in [4.69, 9.17) is 8.94 Å². The van der Waals surface area contributed by atoms with Crippen LogP contribution in [0.15, 0.2) is 38.4 Å². The largest absolute Gasteiger partial charge is 0.411 e. The zero-order valence-corrected chi connectivity index (χ0v) is 16.3. The summed E-state index contributed by atoms with van der Waals surface area (Å²) >= 11 is 1.41. The molecular weight excluding hydrogens is 350 g/mol. The van der Waals surface area contributed by atoms with Crippen molar-refractivity contribution in [3.63, 3.8) is 0 Å². The van der Waals surface area contributed by atoms with Crippen LogP contribution in [0.25, 0.3) is 11.5 Å². The van der Waals surface area contributed by atoms with E-state index in [0.29, 0.717) is 22.8 Å². The molecule has 0 aliphatic rings. The molecule has 0 aliphatic carbocycles. The number of aromatic nitrogens is 4. The summed E-state index contributed by atoms with van der Waals surface area (Å²) in [5, 5.41) is 12.6. The van der Waals surface area contributed by atoms with E-state index in [2.05, 4.69) is 51.2 Å². The SMILES string of the molecule is CCc1noc(C(C)Sc2nnc(-c3ccc(N(CC)CC)cc3)o2)n1. The minimum Gasteiger partial charge on any atom is -0.411 e. The third-order valence-electron chi connectivity index (χ3n) is 4.07. The minimum atomic E-state index is -0.0545. The number of benzene rings is 1. The molecule has 138 valence electrons. The lowest BCUT2D eigenvalue weighted by atomic mass is 10.2. The number of hydrogen-bond donors (Lipinski definition) is 0. The van der Waals surface area contributed by atoms with Gasteiger partial charge in [-0.3, -0.25) is 0 Å². The number of thioether (sulfide) groups is 1. The average Bonchev–Trinajstić information content (AvgIpc) is 3.33. The summed E-state index contributed by atoms with van der Waals surface area (Å²) in [5.41, 5.74) is 2.09. The molecular formula is C18H23N5O2S. The molecule has 0 saturated carbocycles. The number of nitrogens with zero attached hydrogens (tertiary/aromatic N) is 5. The smallest absolute Gasteiger partial charge is 0.277 e. The Morgan fingerprint density at radius 2 is 1.81 bits per heavy atom. The first-order chi connectivity index (χ1) is 12.6. The maximum Gasteiger partial charge on any atom is 0.277 e. The lowest BCUT2D eigenvalue weighted by molar-refractivity contribution is 0.374. The van der Waals surface area contributed by atoms with E-state index in [1.165, 1.54) is 17.4 Å². The first-order valence-corrected chi connectivity index (χ1v) is 9.70. The molecule has 0 saturated heterocycles. The Morgan fingerprint density at radius 1 is 1.08 bits per heavy atom. The van der Waals surface area contributed by atoms with Gasteiger partial charge >= 0.3 is 0 Å². The van der Waals surface area contributed by atoms with Crippen molar-refractivity contribution in [3.05, 3.63) is 36.0 Å². The molecule has 0 amide bonds. The highest BCUT2D eigenvalue weighted by atomic mass is 32.2. The predicted molar refractivity (Wildman–Crippen MR) is 101 cm³/mol. The maximum absolute atomic E-state index is 5.79. The van der Waals surface area contributed by atoms with Crippen LogP contribution in [-0.2, 0) is 6.42 Å². The third kappa shape index (κ3) is 4.07. The quantitative estimate of drug-likeness (QED) is 0.538. The fraction of sp³-hybridized carbons (Fsp3) is 0.444. The van der Waals surface area contributed by atoms with Crippen molar-refractivity contribution in [2.75, 3.05) is 18.0 Å². The molecule has 0 fully saturated rings. The predicted octanol–water partition coefficient (Wildman–Crippen LogP) is 4.38. The molecule has 3 aromatic rings. The molecule has 1 aromatic carbocycles. The Hall–Kier alpha value is -2.35. The van der Waals surface area contributed by atoms with Crippen LogP contribution in [-0.4, -0.2) is 33.4 Å². The molecule has 2 heterocycles. The molecule has 0 aliphatic heterocycles. The standard InChI is InChI=1S/C18H23N5O2S/c1-5-15-19-16(25-22-15)12(4)26-18-21-20-17(24-18)13-8-10-14(11-9-13)23(6-2)7-3/h8-12H,5-7H2,1-4H3. The van der Waals surface area contributed by atoms with Crippen molar-refractivity contribution in [1.29, 1.82) is 0 Å². The molecule has 8 heteroatoms. The summed E-state index contributed by atoms with van der Waals surface area (Å²) in [6, 6.07) is 8.16. The van der Waals surface area contributed by atoms with Crippen LogP contribution in [0.4, 0.5) is 5.69 Å². The molecule has 1 unspecified atom stereocenters. The highest BCUT2D eigenvalue weighted by Crippen LogP contribution is 2.34. The zero-order valence-electron chi connectivity index (χ0n) is 15.5. The second-order valence-corrected chi connectivity index (χ2v) is 7.05. The molecule has 0 N–H and O–H groups in total. The number of rotatable bonds is 8. The van der Waals surface area contributed by atoms with Crippen LogP contribution < -0.4 is 4.90 Å². The van der Waals surface area contributed by atoms with Gasteiger partial charge in [0.2, 0.25) is 11.8 Å². The van der Waals surface area contributed by atoms with Crippen molar-refractivity contribution in [2.24, 2.45) is 0 Å². The summed E-state index contributed by atoms with van der Waals surface area (Å²) in [7, 11) is 0. The Morgan fingerprint density at radius 3 is 2.42 bits per heavy atom. The van der Waals surface area contributed by atoms with Crippen LogP contribution in [0.5, 0.6) is 0 Å². The van der Waals surface area contributed by atoms with E-state index in [1.54, 1.807) is 0 Å². The van der Waals surface area contributed by atoms with Crippen molar-refractivity contribution in [3.8, 4) is 11.5 Å². The van der Waals surface area contributed by atoms with Crippen LogP contribution in [0, 0.1) is 0 Å². The Bertz CT molecular complexity index is 826. The Balaban J connectivity index is 1.69. The van der Waals surface area contributed by atoms with Gasteiger partial charge in [-0.2, -0.15) is 4.98 Å². The van der Waals surface area contributed by atoms with Gasteiger partial charge in [0.15, 0.2) is 5.82 Å². The molecule has 1 atom stereocenters. The summed E-state index contributed by atoms with van der Waals surface area (Å²) in [4.78, 5) is 6.63. The second-order valence-electron chi connectivity index (χ2n) is 5.75. The second kappa shape index (κ2) is 8.35. The third-order valence-corrected chi connectivity index (χ3v) is 5.00. The molecule has 7 nitrogen and oxygen atoms in total. The first-order valence-electron chi connectivity index (χ1n) is 8.82. The van der Waals surface area contributed by atoms with Crippen molar-refractivity contribution >= 4 is 17.4 Å². The summed E-state index contributed by atoms with van der Waals surface area (Å²) in [6.45, 7) is 10.2. The van der Waals surface area contributed by atoms with Gasteiger partial charge in [0, 0.05) is 30.8 Å². The fourth-order valence-electron chi connectivity index (χ4n) is 2.56. The monoisotopic (exact) mass is 373 g/mol. The Kier molecular flexibility index (Phi) is 5.92. The zero-order chi connectivity index (χ0) is 18.5. The van der Waals surface area contributed by atoms with Gasteiger partial charge in [-0.15, -0.1) is 10.2 Å². The van der Waals surface area contributed by atoms with Crippen LogP contribution in [0.2, 0.25) is 0 Å². The van der Waals surface area contributed by atoms with Gasteiger partial charge in [0.1, 0.15) is 0 Å². The van der Waals surface area contributed by atoms with Gasteiger partial charge in [-0.1, -0.05) is 23.8 Å². The summed E-state index contributed by atoms with van der Waals surface area (Å²) in [6.07, 6.45) is 0.745. The molecule has 26 heavy (non-hydrogen) atoms. The lowest BCUT2D eigenvalue weighted by Gasteiger charge is -2.20. The minimum absolute atomic E-state index is 0.0545. The topological polar surface area (TPSA) is 81.1 Å². The molecule has 0 bridgehead atoms. The van der Waals surface area contributed by atoms with Crippen LogP contribution in [0.3, 0.4) is 0 Å². The molecule has 0 spiro atoms. The van der Waals surface area contributed by atoms with Gasteiger partial charge < -0.3 is 13.8 Å². The number of aryl methyl sites for hydroxylation is 1. The van der Waals surface area contributed by atoms with Crippen molar-refractivity contribution < 1.29 is 8.94 Å². The summed E-state index contributed by atoms with van der Waals surface area (Å²) < 4.78 is 11.0. The van der Waals surface area contributed by atoms with E-state index in [0.717, 1.165) is 25.1 Å². The van der Waals surface area contributed by atoms with Crippen LogP contribution in [0.1, 0.15) is 44.7 Å². The van der Waals surface area contributed by atoms with Crippen LogP contribution >= 0.6 is 11.8 Å². The summed E-state index contributed by atoms with van der Waals surface area (Å²) in [5.74, 6) is 1.77. The van der Waals surface area contributed by atoms with E-state index < -0.39 is 0 Å².